The van der Waals surface area contributed by atoms with E-state index in [1.807, 2.05) is 0 Å². The Hall–Kier alpha value is -0.660. The van der Waals surface area contributed by atoms with Gasteiger partial charge in [0.1, 0.15) is 12.1 Å². The lowest BCUT2D eigenvalue weighted by Crippen LogP contribution is -1.97. The number of rotatable bonds is 10. The van der Waals surface area contributed by atoms with E-state index in [0.717, 1.165) is 32.0 Å². The van der Waals surface area contributed by atoms with Gasteiger partial charge in [0, 0.05) is 19.3 Å². The van der Waals surface area contributed by atoms with E-state index in [4.69, 9.17) is 0 Å². The van der Waals surface area contributed by atoms with Gasteiger partial charge in [-0.2, -0.15) is 0 Å². The molecular weight excluding hydrogens is 176 g/mol. The summed E-state index contributed by atoms with van der Waals surface area (Å²) in [4.78, 5) is 21.3. The van der Waals surface area contributed by atoms with Crippen molar-refractivity contribution >= 4 is 12.1 Å². The normalized spacial score (nSPS) is 10.1. The molecular formula is C12H22O2. The van der Waals surface area contributed by atoms with Crippen LogP contribution in [0, 0.1) is 0 Å². The van der Waals surface area contributed by atoms with Crippen LogP contribution in [0.25, 0.3) is 0 Å². The first-order valence-electron chi connectivity index (χ1n) is 5.76. The van der Waals surface area contributed by atoms with Crippen LogP contribution in [0.3, 0.4) is 0 Å². The van der Waals surface area contributed by atoms with Gasteiger partial charge >= 0.3 is 0 Å². The molecule has 0 aromatic rings. The fourth-order valence-corrected chi connectivity index (χ4v) is 1.42. The van der Waals surface area contributed by atoms with Crippen LogP contribution in [0.15, 0.2) is 0 Å². The number of carbonyl (C=O) groups is 2. The SMILES string of the molecule is CCCCCCC(=O)CCCCC=O. The van der Waals surface area contributed by atoms with Gasteiger partial charge in [0.25, 0.3) is 0 Å². The van der Waals surface area contributed by atoms with Crippen molar-refractivity contribution in [2.24, 2.45) is 0 Å². The third-order valence-electron chi connectivity index (χ3n) is 2.34. The molecule has 0 aliphatic heterocycles. The van der Waals surface area contributed by atoms with Crippen molar-refractivity contribution < 1.29 is 9.59 Å². The van der Waals surface area contributed by atoms with Crippen molar-refractivity contribution in [3.8, 4) is 0 Å². The number of ketones is 1. The molecule has 0 radical (unpaired) electrons. The molecule has 0 saturated heterocycles. The van der Waals surface area contributed by atoms with E-state index in [9.17, 15) is 9.59 Å². The predicted octanol–water partition coefficient (Wildman–Crippen LogP) is 3.29. The molecule has 0 aromatic carbocycles. The summed E-state index contributed by atoms with van der Waals surface area (Å²) in [5.41, 5.74) is 0. The molecule has 0 amide bonds. The first-order chi connectivity index (χ1) is 6.81. The van der Waals surface area contributed by atoms with Crippen LogP contribution >= 0.6 is 0 Å². The molecule has 0 bridgehead atoms. The van der Waals surface area contributed by atoms with Crippen molar-refractivity contribution in [2.75, 3.05) is 0 Å². The second-order valence-electron chi connectivity index (χ2n) is 3.76. The second kappa shape index (κ2) is 10.4. The maximum Gasteiger partial charge on any atom is 0.132 e. The Bertz CT molecular complexity index is 152. The lowest BCUT2D eigenvalue weighted by Gasteiger charge is -1.99. The second-order valence-corrected chi connectivity index (χ2v) is 3.76. The molecule has 0 atom stereocenters. The number of carbonyl (C=O) groups excluding carboxylic acids is 2. The number of hydrogen-bond donors (Lipinski definition) is 0. The highest BCUT2D eigenvalue weighted by molar-refractivity contribution is 5.78. The van der Waals surface area contributed by atoms with E-state index in [2.05, 4.69) is 6.92 Å². The van der Waals surface area contributed by atoms with Gasteiger partial charge in [0.15, 0.2) is 0 Å². The van der Waals surface area contributed by atoms with E-state index in [0.29, 0.717) is 18.6 Å². The van der Waals surface area contributed by atoms with Gasteiger partial charge in [-0.1, -0.05) is 26.2 Å². The largest absolute Gasteiger partial charge is 0.303 e. The molecule has 0 heterocycles. The summed E-state index contributed by atoms with van der Waals surface area (Å²) in [5, 5.41) is 0. The van der Waals surface area contributed by atoms with Crippen molar-refractivity contribution in [2.45, 2.75) is 64.7 Å². The van der Waals surface area contributed by atoms with Crippen LogP contribution in [0.2, 0.25) is 0 Å². The van der Waals surface area contributed by atoms with Crippen molar-refractivity contribution in [1.82, 2.24) is 0 Å². The van der Waals surface area contributed by atoms with Crippen LogP contribution in [0.4, 0.5) is 0 Å². The Morgan fingerprint density at radius 1 is 1.00 bits per heavy atom. The molecule has 0 spiro atoms. The van der Waals surface area contributed by atoms with Gasteiger partial charge in [-0.15, -0.1) is 0 Å². The maximum atomic E-state index is 11.3. The van der Waals surface area contributed by atoms with Crippen molar-refractivity contribution in [1.29, 1.82) is 0 Å². The van der Waals surface area contributed by atoms with Crippen LogP contribution in [0.5, 0.6) is 0 Å². The molecule has 0 aliphatic rings. The summed E-state index contributed by atoms with van der Waals surface area (Å²) in [7, 11) is 0. The van der Waals surface area contributed by atoms with E-state index < -0.39 is 0 Å². The summed E-state index contributed by atoms with van der Waals surface area (Å²) in [6, 6.07) is 0. The lowest BCUT2D eigenvalue weighted by atomic mass is 10.1. The molecule has 0 rings (SSSR count). The zero-order valence-corrected chi connectivity index (χ0v) is 9.26. The third kappa shape index (κ3) is 9.43. The first kappa shape index (κ1) is 13.3. The summed E-state index contributed by atoms with van der Waals surface area (Å²) in [5.74, 6) is 0.368. The highest BCUT2D eigenvalue weighted by Gasteiger charge is 2.00. The van der Waals surface area contributed by atoms with Gasteiger partial charge in [0.2, 0.25) is 0 Å². The van der Waals surface area contributed by atoms with E-state index in [1.165, 1.54) is 19.3 Å². The Balaban J connectivity index is 3.15. The summed E-state index contributed by atoms with van der Waals surface area (Å²) >= 11 is 0. The van der Waals surface area contributed by atoms with Gasteiger partial charge in [-0.05, 0) is 19.3 Å². The molecule has 14 heavy (non-hydrogen) atoms. The van der Waals surface area contributed by atoms with Crippen LogP contribution in [-0.2, 0) is 9.59 Å². The van der Waals surface area contributed by atoms with Crippen LogP contribution in [-0.4, -0.2) is 12.1 Å². The number of Topliss-reactive ketones (excluding diaryl/α,β-unsaturated/α-hetero) is 1. The highest BCUT2D eigenvalue weighted by atomic mass is 16.1. The molecule has 2 nitrogen and oxygen atoms in total. The molecule has 0 aliphatic carbocycles. The Kier molecular flexibility index (Phi) is 9.93. The maximum absolute atomic E-state index is 11.3. The number of unbranched alkanes of at least 4 members (excludes halogenated alkanes) is 5. The fraction of sp³-hybridized carbons (Fsp3) is 0.833. The molecule has 82 valence electrons. The van der Waals surface area contributed by atoms with Gasteiger partial charge < -0.3 is 4.79 Å². The molecule has 0 unspecified atom stereocenters. The minimum Gasteiger partial charge on any atom is -0.303 e. The van der Waals surface area contributed by atoms with Gasteiger partial charge in [0.05, 0.1) is 0 Å². The van der Waals surface area contributed by atoms with Crippen LogP contribution < -0.4 is 0 Å². The average Bonchev–Trinajstić information content (AvgIpc) is 2.19. The summed E-state index contributed by atoms with van der Waals surface area (Å²) < 4.78 is 0. The molecule has 2 heteroatoms. The number of hydrogen-bond acceptors (Lipinski definition) is 2. The van der Waals surface area contributed by atoms with Crippen LogP contribution in [0.1, 0.15) is 64.7 Å². The molecule has 0 fully saturated rings. The predicted molar refractivity (Wildman–Crippen MR) is 58.3 cm³/mol. The summed E-state index contributed by atoms with van der Waals surface area (Å²) in [6.07, 6.45) is 9.34. The smallest absolute Gasteiger partial charge is 0.132 e. The average molecular weight is 198 g/mol. The molecule has 0 saturated carbocycles. The molecule has 0 aromatic heterocycles. The minimum atomic E-state index is 0.368. The standard InChI is InChI=1S/C12H22O2/c1-2-3-4-6-9-12(14)10-7-5-8-11-13/h11H,2-10H2,1H3. The highest BCUT2D eigenvalue weighted by Crippen LogP contribution is 2.07. The topological polar surface area (TPSA) is 34.1 Å². The first-order valence-corrected chi connectivity index (χ1v) is 5.76. The van der Waals surface area contributed by atoms with E-state index >= 15 is 0 Å². The van der Waals surface area contributed by atoms with Gasteiger partial charge in [-0.25, -0.2) is 0 Å². The van der Waals surface area contributed by atoms with E-state index in [1.54, 1.807) is 0 Å². The number of aldehydes is 1. The Morgan fingerprint density at radius 2 is 1.64 bits per heavy atom. The summed E-state index contributed by atoms with van der Waals surface area (Å²) in [6.45, 7) is 2.17. The zero-order chi connectivity index (χ0) is 10.6. The molecule has 0 N–H and O–H groups in total. The zero-order valence-electron chi connectivity index (χ0n) is 9.26. The Morgan fingerprint density at radius 3 is 2.21 bits per heavy atom. The quantitative estimate of drug-likeness (QED) is 0.399. The third-order valence-corrected chi connectivity index (χ3v) is 2.34. The van der Waals surface area contributed by atoms with E-state index in [-0.39, 0.29) is 0 Å². The van der Waals surface area contributed by atoms with Crippen molar-refractivity contribution in [3.63, 3.8) is 0 Å². The van der Waals surface area contributed by atoms with Gasteiger partial charge in [-0.3, -0.25) is 4.79 Å². The monoisotopic (exact) mass is 198 g/mol. The Labute approximate surface area is 87.1 Å². The minimum absolute atomic E-state index is 0.368. The fourth-order valence-electron chi connectivity index (χ4n) is 1.42. The lowest BCUT2D eigenvalue weighted by molar-refractivity contribution is -0.119. The van der Waals surface area contributed by atoms with Crippen molar-refractivity contribution in [3.05, 3.63) is 0 Å².